The van der Waals surface area contributed by atoms with E-state index >= 15 is 0 Å². The molecular weight excluding hydrogens is 1520 g/mol. The molecule has 628 valence electrons. The number of ether oxygens (including phenoxy) is 11. The number of H-pyrrole nitrogens is 2. The number of carbonyl (C=O) groups excluding carboxylic acids is 6. The Morgan fingerprint density at radius 3 is 1.43 bits per heavy atom. The summed E-state index contributed by atoms with van der Waals surface area (Å²) < 4.78 is 61.8. The Bertz CT molecular complexity index is 5520. The quantitative estimate of drug-likeness (QED) is 0.0161. The van der Waals surface area contributed by atoms with Gasteiger partial charge in [-0.05, 0) is 156 Å². The molecule has 0 radical (unpaired) electrons. The average Bonchev–Trinajstić information content (AvgIpc) is 1.62. The summed E-state index contributed by atoms with van der Waals surface area (Å²) in [7, 11) is 8.80. The molecule has 0 aliphatic heterocycles. The number of nitrogens with zero attached hydrogens (tertiary/aromatic N) is 9. The van der Waals surface area contributed by atoms with Gasteiger partial charge in [-0.15, -0.1) is 0 Å². The van der Waals surface area contributed by atoms with Crippen molar-refractivity contribution in [2.45, 2.75) is 143 Å². The van der Waals surface area contributed by atoms with Crippen molar-refractivity contribution < 1.29 is 101 Å². The van der Waals surface area contributed by atoms with Crippen LogP contribution in [-0.4, -0.2) is 153 Å². The summed E-state index contributed by atoms with van der Waals surface area (Å²) in [5.74, 6) is 0.615. The number of nitrogens with one attached hydrogen (secondary N) is 2. The Morgan fingerprint density at radius 1 is 0.508 bits per heavy atom. The third-order valence-corrected chi connectivity index (χ3v) is 14.7. The van der Waals surface area contributed by atoms with Crippen LogP contribution in [0.15, 0.2) is 143 Å². The molecule has 0 saturated carbocycles. The van der Waals surface area contributed by atoms with Crippen LogP contribution < -0.4 is 24.7 Å². The first-order valence-corrected chi connectivity index (χ1v) is 33.6. The fraction of sp³-hybridized carbons (Fsp3) is 0.318. The maximum atomic E-state index is 12.5. The normalized spacial score (nSPS) is 10.5. The van der Waals surface area contributed by atoms with Crippen molar-refractivity contribution in [2.75, 3.05) is 42.7 Å². The van der Waals surface area contributed by atoms with E-state index in [2.05, 4.69) is 52.9 Å². The number of oxime groups is 1. The molecule has 33 heteroatoms. The molecule has 0 fully saturated rings. The van der Waals surface area contributed by atoms with Crippen LogP contribution in [0.2, 0.25) is 0 Å². The predicted octanol–water partition coefficient (Wildman–Crippen LogP) is 18.5. The van der Waals surface area contributed by atoms with Gasteiger partial charge in [0, 0.05) is 69.3 Å². The molecule has 5 heterocycles. The topological polar surface area (TPSA) is 475 Å². The smallest absolute Gasteiger partial charge is 0.497 e. The van der Waals surface area contributed by atoms with Crippen molar-refractivity contribution in [3.8, 4) is 70.2 Å². The van der Waals surface area contributed by atoms with Crippen LogP contribution in [0.3, 0.4) is 0 Å². The van der Waals surface area contributed by atoms with E-state index in [-0.39, 0.29) is 59.9 Å². The zero-order chi connectivity index (χ0) is 84.0. The molecule has 118 heavy (non-hydrogen) atoms. The van der Waals surface area contributed by atoms with Crippen molar-refractivity contribution in [3.05, 3.63) is 178 Å². The molecule has 6 aromatic carbocycles. The minimum Gasteiger partial charge on any atom is -0.497 e. The lowest BCUT2D eigenvalue weighted by Gasteiger charge is -2.20. The Labute approximate surface area is 684 Å². The van der Waals surface area contributed by atoms with Gasteiger partial charge in [0.1, 0.15) is 75.4 Å². The molecule has 11 aromatic rings. The van der Waals surface area contributed by atoms with Gasteiger partial charge in [-0.2, -0.15) is 26.0 Å². The largest absolute Gasteiger partial charge is 0.519 e. The average molecular weight is 1630 g/mol. The van der Waals surface area contributed by atoms with E-state index in [9.17, 15) is 49.2 Å². The van der Waals surface area contributed by atoms with E-state index in [0.717, 1.165) is 32.1 Å². The number of carboxylic acids is 1. The Balaban J connectivity index is 0.000000717. The maximum absolute atomic E-state index is 12.5. The van der Waals surface area contributed by atoms with Crippen LogP contribution in [0.25, 0.3) is 66.6 Å². The van der Waals surface area contributed by atoms with Gasteiger partial charge in [0.2, 0.25) is 5.82 Å². The molecule has 0 unspecified atom stereocenters. The number of hydrogen-bond donors (Lipinski definition) is 5. The molecular formula is C85H102N12O21. The zero-order valence-corrected chi connectivity index (χ0v) is 65.0. The van der Waals surface area contributed by atoms with Crippen LogP contribution in [-0.2, 0) is 33.2 Å². The van der Waals surface area contributed by atoms with Gasteiger partial charge in [-0.3, -0.25) is 4.57 Å². The van der Waals surface area contributed by atoms with E-state index in [4.69, 9.17) is 68.6 Å². The highest BCUT2D eigenvalue weighted by atomic mass is 16.8. The lowest BCUT2D eigenvalue weighted by atomic mass is 10.1. The molecule has 33 nitrogen and oxygen atoms in total. The molecule has 0 saturated heterocycles. The van der Waals surface area contributed by atoms with Crippen LogP contribution in [0.1, 0.15) is 179 Å². The highest BCUT2D eigenvalue weighted by Crippen LogP contribution is 2.34. The summed E-state index contributed by atoms with van der Waals surface area (Å²) in [6.45, 7) is 20.4. The molecule has 0 aliphatic carbocycles. The maximum Gasteiger partial charge on any atom is 0.519 e. The number of esters is 2. The number of benzene rings is 6. The van der Waals surface area contributed by atoms with Crippen LogP contribution in [0, 0.1) is 45.3 Å². The van der Waals surface area contributed by atoms with Gasteiger partial charge >= 0.3 is 42.4 Å². The summed E-state index contributed by atoms with van der Waals surface area (Å²) in [5.41, 5.74) is 8.22. The fourth-order valence-electron chi connectivity index (χ4n) is 9.93. The van der Waals surface area contributed by atoms with Gasteiger partial charge in [0.25, 0.3) is 5.89 Å². The molecule has 0 spiro atoms. The van der Waals surface area contributed by atoms with E-state index in [1.165, 1.54) is 44.2 Å². The van der Waals surface area contributed by atoms with Crippen molar-refractivity contribution in [2.24, 2.45) is 10.9 Å². The summed E-state index contributed by atoms with van der Waals surface area (Å²) in [5, 5.41) is 64.2. The molecule has 0 amide bonds. The fourth-order valence-corrected chi connectivity index (χ4v) is 9.93. The third kappa shape index (κ3) is 27.2. The van der Waals surface area contributed by atoms with Gasteiger partial charge in [-0.25, -0.2) is 38.1 Å². The number of carbonyl (C=O) groups is 7. The summed E-state index contributed by atoms with van der Waals surface area (Å²) >= 11 is 0. The number of nitrogens with two attached hydrogens (primary N) is 1. The second-order valence-electron chi connectivity index (χ2n) is 27.4. The van der Waals surface area contributed by atoms with E-state index < -0.39 is 70.5 Å². The highest BCUT2D eigenvalue weighted by molar-refractivity contribution is 6.06. The summed E-state index contributed by atoms with van der Waals surface area (Å²) in [6, 6.07) is 42.0. The Morgan fingerprint density at radius 2 is 0.958 bits per heavy atom. The van der Waals surface area contributed by atoms with E-state index in [1.807, 2.05) is 24.3 Å². The number of fused-ring (bicyclic) bond motifs is 4. The highest BCUT2D eigenvalue weighted by Gasteiger charge is 2.31. The number of carboxylic acid groups (broad SMARTS) is 1. The van der Waals surface area contributed by atoms with Gasteiger partial charge in [0.05, 0.1) is 98.1 Å². The monoisotopic (exact) mass is 1630 g/mol. The number of aromatic nitrogens is 6. The van der Waals surface area contributed by atoms with Crippen molar-refractivity contribution in [1.29, 1.82) is 21.0 Å². The van der Waals surface area contributed by atoms with Crippen molar-refractivity contribution in [3.63, 3.8) is 0 Å². The lowest BCUT2D eigenvalue weighted by Crippen LogP contribution is -2.29. The number of nitriles is 4. The number of rotatable bonds is 10. The first-order chi connectivity index (χ1) is 53.2. The first-order valence-electron chi connectivity index (χ1n) is 33.6. The number of aromatic amines is 2. The van der Waals surface area contributed by atoms with E-state index in [0.29, 0.717) is 84.0 Å². The molecule has 5 aromatic heterocycles. The van der Waals surface area contributed by atoms with Gasteiger partial charge in [-0.1, -0.05) is 71.7 Å². The summed E-state index contributed by atoms with van der Waals surface area (Å²) in [4.78, 5) is 91.6. The number of methoxy groups -OCH3 is 6. The standard InChI is InChI=1S/C20H14N4O4.C16H16N2O5.C15H16N2O3.C10H8N2O.C10H18O5.C9H10N2O3.5CH4/c1-26-13-6-7-14-15(10-21)17(22-16(14)9-13)19-23-18(24-28-19)11-4-3-5-12(8-11)20(25)27-2;1-16(2,3)23-15(21)18-12-7-9(22-4)5-6-10(12)11(8-17)13(18)14(19)20;1-15(2,3)20-14(18)17-9-10(8-16)12-6-5-11(19-4)7-13(12)17;1-13-8-2-3-9-7(5-11)6-12-10(9)4-8;1-9(2,3)14-7(11)13-8(12)15-10(4,5)6;1-14-9(12)7-4-2-3-6(5-7)8(10)11-13;;;;;/h3-9,22H,1-2H3;5-7H,1-4H3,(H,19,20);5-7,9H,1-4H3;2-4,6,12H,1H3;1-6H3;2-5,13H,1H3,(H2,10,11);5*1H4. The van der Waals surface area contributed by atoms with E-state index in [1.54, 1.807) is 202 Å². The zero-order valence-electron chi connectivity index (χ0n) is 65.0. The van der Waals surface area contributed by atoms with Crippen LogP contribution in [0.5, 0.6) is 23.0 Å². The van der Waals surface area contributed by atoms with Gasteiger partial charge in [0.15, 0.2) is 11.5 Å². The minimum atomic E-state index is -1.39. The first kappa shape index (κ1) is 101. The molecule has 0 atom stereocenters. The molecule has 0 bridgehead atoms. The molecule has 11 rings (SSSR count). The second kappa shape index (κ2) is 44.0. The van der Waals surface area contributed by atoms with Crippen LogP contribution >= 0.6 is 0 Å². The third-order valence-electron chi connectivity index (χ3n) is 14.7. The Kier molecular flexibility index (Phi) is 37.7. The van der Waals surface area contributed by atoms with Crippen LogP contribution in [0.4, 0.5) is 19.2 Å². The molecule has 0 aliphatic rings. The van der Waals surface area contributed by atoms with Gasteiger partial charge < -0.3 is 82.6 Å². The van der Waals surface area contributed by atoms with Crippen molar-refractivity contribution >= 4 is 91.9 Å². The number of amidine groups is 1. The number of hydrogen-bond acceptors (Lipinski definition) is 27. The second-order valence-corrected chi connectivity index (χ2v) is 27.4. The van der Waals surface area contributed by atoms with Crippen molar-refractivity contribution in [1.82, 2.24) is 29.2 Å². The minimum absolute atomic E-state index is 0. The predicted molar refractivity (Wildman–Crippen MR) is 443 cm³/mol. The Hall–Kier alpha value is -14.9. The molecule has 6 N–H and O–H groups in total. The SMILES string of the molecule is C.C.C.C.C.CC(C)(C)OC(=O)OC(=O)OC(C)(C)C.COC(=O)c1cccc(-c2noc(-c3[nH]c4cc(OC)ccc4c3C#N)n2)c1.COC(=O)c1cccc(/C(N)=N/O)c1.COc1ccc2c(C#N)c(C(=O)O)n(C(=O)OC(C)(C)C)c2c1.COc1ccc2c(C#N)c[nH]c2c1.COc1ccc2c(C#N)cn(C(=O)OC(C)(C)C)c2c1. The number of aromatic carboxylic acids is 1. The lowest BCUT2D eigenvalue weighted by molar-refractivity contribution is -0.0295. The summed E-state index contributed by atoms with van der Waals surface area (Å²) in [6.07, 6.45) is -0.317.